The van der Waals surface area contributed by atoms with E-state index in [2.05, 4.69) is 28.3 Å². The van der Waals surface area contributed by atoms with Gasteiger partial charge in [0.2, 0.25) is 17.5 Å². The number of methoxy groups -OCH3 is 1. The second kappa shape index (κ2) is 8.64. The lowest BCUT2D eigenvalue weighted by Gasteiger charge is -2.39. The summed E-state index contributed by atoms with van der Waals surface area (Å²) in [5, 5.41) is 12.8. The van der Waals surface area contributed by atoms with E-state index in [-0.39, 0.29) is 11.7 Å². The predicted octanol–water partition coefficient (Wildman–Crippen LogP) is 3.71. The minimum Gasteiger partial charge on any atom is -0.481 e. The Morgan fingerprint density at radius 2 is 2.10 bits per heavy atom. The van der Waals surface area contributed by atoms with Gasteiger partial charge in [0.1, 0.15) is 0 Å². The van der Waals surface area contributed by atoms with Crippen LogP contribution >= 0.6 is 0 Å². The summed E-state index contributed by atoms with van der Waals surface area (Å²) in [5.41, 5.74) is 1.42. The van der Waals surface area contributed by atoms with Gasteiger partial charge in [-0.25, -0.2) is 9.97 Å². The number of pyridine rings is 2. The van der Waals surface area contributed by atoms with Crippen molar-refractivity contribution in [1.82, 2.24) is 15.3 Å². The molecule has 3 heterocycles. The molecule has 2 aliphatic rings. The fraction of sp³-hybridized carbons (Fsp3) is 0.500. The number of hydrogen-bond acceptors (Lipinski definition) is 7. The second-order valence-corrected chi connectivity index (χ2v) is 8.56. The zero-order valence-electron chi connectivity index (χ0n) is 18.3. The molecular weight excluding hydrogens is 392 g/mol. The van der Waals surface area contributed by atoms with Crippen LogP contribution in [0.1, 0.15) is 72.1 Å². The standard InChI is InChI=1S/C24H28N4O3/c1-15-9-11-24(14-27-15,31-23-16(2)18(13-25)10-12-26-23)22(29)19-7-8-20(30-3)28-21(19)17-5-4-6-17/h7-8,10,12,15,17,27H,4-6,9,11,14H2,1-3H3/t15-,24-/m1/s1. The minimum absolute atomic E-state index is 0.0903. The molecule has 0 amide bonds. The van der Waals surface area contributed by atoms with Gasteiger partial charge < -0.3 is 14.8 Å². The molecule has 0 unspecified atom stereocenters. The molecule has 1 N–H and O–H groups in total. The van der Waals surface area contributed by atoms with E-state index in [9.17, 15) is 10.1 Å². The number of piperidine rings is 1. The zero-order valence-corrected chi connectivity index (χ0v) is 18.3. The van der Waals surface area contributed by atoms with Crippen LogP contribution in [-0.2, 0) is 0 Å². The topological polar surface area (TPSA) is 97.1 Å². The number of rotatable bonds is 6. The number of nitriles is 1. The largest absolute Gasteiger partial charge is 0.481 e. The Kier molecular flexibility index (Phi) is 5.92. The Hall–Kier alpha value is -2.98. The molecule has 2 aromatic rings. The van der Waals surface area contributed by atoms with E-state index in [1.165, 1.54) is 0 Å². The van der Waals surface area contributed by atoms with Gasteiger partial charge in [0.05, 0.1) is 24.4 Å². The molecule has 0 bridgehead atoms. The average molecular weight is 421 g/mol. The van der Waals surface area contributed by atoms with Crippen LogP contribution in [0.15, 0.2) is 24.4 Å². The van der Waals surface area contributed by atoms with Crippen molar-refractivity contribution >= 4 is 5.78 Å². The van der Waals surface area contributed by atoms with Crippen LogP contribution in [0.4, 0.5) is 0 Å². The van der Waals surface area contributed by atoms with Gasteiger partial charge in [0.15, 0.2) is 5.60 Å². The molecular formula is C24H28N4O3. The van der Waals surface area contributed by atoms with E-state index in [4.69, 9.17) is 9.47 Å². The Morgan fingerprint density at radius 3 is 2.71 bits per heavy atom. The highest BCUT2D eigenvalue weighted by atomic mass is 16.5. The van der Waals surface area contributed by atoms with Gasteiger partial charge in [-0.1, -0.05) is 6.42 Å². The molecule has 0 spiro atoms. The Balaban J connectivity index is 1.75. The summed E-state index contributed by atoms with van der Waals surface area (Å²) >= 11 is 0. The molecule has 4 rings (SSSR count). The van der Waals surface area contributed by atoms with Gasteiger partial charge in [0.25, 0.3) is 0 Å². The molecule has 7 nitrogen and oxygen atoms in total. The highest BCUT2D eigenvalue weighted by molar-refractivity contribution is 6.04. The molecule has 7 heteroatoms. The van der Waals surface area contributed by atoms with Crippen LogP contribution < -0.4 is 14.8 Å². The number of carbonyl (C=O) groups is 1. The molecule has 0 radical (unpaired) electrons. The van der Waals surface area contributed by atoms with E-state index in [0.29, 0.717) is 47.5 Å². The third kappa shape index (κ3) is 4.00. The van der Waals surface area contributed by atoms with Gasteiger partial charge in [-0.15, -0.1) is 0 Å². The Morgan fingerprint density at radius 1 is 1.29 bits per heavy atom. The van der Waals surface area contributed by atoms with Crippen LogP contribution in [-0.4, -0.2) is 41.0 Å². The number of aromatic nitrogens is 2. The lowest BCUT2D eigenvalue weighted by molar-refractivity contribution is 0.0258. The van der Waals surface area contributed by atoms with Crippen molar-refractivity contribution in [3.63, 3.8) is 0 Å². The maximum absolute atomic E-state index is 14.0. The SMILES string of the molecule is COc1ccc(C(=O)[C@@]2(Oc3nccc(C#N)c3C)CC[C@@H](C)NC2)c(C2CCC2)n1. The number of Topliss-reactive ketones (excluding diaryl/α,β-unsaturated/α-hetero) is 1. The first-order chi connectivity index (χ1) is 15.0. The van der Waals surface area contributed by atoms with Crippen LogP contribution in [0.3, 0.4) is 0 Å². The molecule has 2 atom stereocenters. The van der Waals surface area contributed by atoms with Crippen LogP contribution in [0, 0.1) is 18.3 Å². The van der Waals surface area contributed by atoms with Gasteiger partial charge >= 0.3 is 0 Å². The molecule has 2 aromatic heterocycles. The highest BCUT2D eigenvalue weighted by Crippen LogP contribution is 2.40. The lowest BCUT2D eigenvalue weighted by Crippen LogP contribution is -2.58. The molecule has 2 fully saturated rings. The van der Waals surface area contributed by atoms with Crippen molar-refractivity contribution in [1.29, 1.82) is 5.26 Å². The smallest absolute Gasteiger partial charge is 0.218 e. The van der Waals surface area contributed by atoms with E-state index < -0.39 is 5.60 Å². The van der Waals surface area contributed by atoms with Crippen molar-refractivity contribution in [3.8, 4) is 17.8 Å². The highest BCUT2D eigenvalue weighted by Gasteiger charge is 2.46. The minimum atomic E-state index is -1.10. The first-order valence-electron chi connectivity index (χ1n) is 10.9. The van der Waals surface area contributed by atoms with Crippen molar-refractivity contribution < 1.29 is 14.3 Å². The fourth-order valence-corrected chi connectivity index (χ4v) is 4.23. The van der Waals surface area contributed by atoms with Crippen LogP contribution in [0.2, 0.25) is 0 Å². The first-order valence-corrected chi connectivity index (χ1v) is 10.9. The van der Waals surface area contributed by atoms with Gasteiger partial charge in [0, 0.05) is 41.9 Å². The van der Waals surface area contributed by atoms with Gasteiger partial charge in [-0.3, -0.25) is 4.79 Å². The summed E-state index contributed by atoms with van der Waals surface area (Å²) in [5.74, 6) is 1.02. The maximum atomic E-state index is 14.0. The third-order valence-corrected chi connectivity index (χ3v) is 6.55. The number of ketones is 1. The number of nitrogens with one attached hydrogen (secondary N) is 1. The normalized spacial score (nSPS) is 23.5. The van der Waals surface area contributed by atoms with Crippen molar-refractivity contribution in [3.05, 3.63) is 46.8 Å². The number of ether oxygens (including phenoxy) is 2. The summed E-state index contributed by atoms with van der Waals surface area (Å²) in [6.07, 6.45) is 6.09. The zero-order chi connectivity index (χ0) is 22.0. The Bertz CT molecular complexity index is 1020. The van der Waals surface area contributed by atoms with Crippen molar-refractivity contribution in [2.24, 2.45) is 0 Å². The fourth-order valence-electron chi connectivity index (χ4n) is 4.23. The third-order valence-electron chi connectivity index (χ3n) is 6.55. The van der Waals surface area contributed by atoms with Crippen molar-refractivity contribution in [2.75, 3.05) is 13.7 Å². The van der Waals surface area contributed by atoms with E-state index in [1.54, 1.807) is 32.4 Å². The van der Waals surface area contributed by atoms with Crippen LogP contribution in [0.5, 0.6) is 11.8 Å². The number of carbonyl (C=O) groups excluding carboxylic acids is 1. The van der Waals surface area contributed by atoms with E-state index in [0.717, 1.165) is 31.4 Å². The molecule has 1 aliphatic heterocycles. The summed E-state index contributed by atoms with van der Waals surface area (Å²) in [6, 6.07) is 7.66. The van der Waals surface area contributed by atoms with Gasteiger partial charge in [-0.05, 0) is 51.7 Å². The number of nitrogens with zero attached hydrogens (tertiary/aromatic N) is 3. The second-order valence-electron chi connectivity index (χ2n) is 8.56. The summed E-state index contributed by atoms with van der Waals surface area (Å²) in [7, 11) is 1.59. The average Bonchev–Trinajstić information content (AvgIpc) is 2.75. The summed E-state index contributed by atoms with van der Waals surface area (Å²) in [6.45, 7) is 4.27. The van der Waals surface area contributed by atoms with Crippen molar-refractivity contribution in [2.45, 2.75) is 63.5 Å². The molecule has 162 valence electrons. The first kappa shape index (κ1) is 21.3. The van der Waals surface area contributed by atoms with E-state index >= 15 is 0 Å². The molecule has 0 aromatic carbocycles. The summed E-state index contributed by atoms with van der Waals surface area (Å²) < 4.78 is 11.7. The van der Waals surface area contributed by atoms with Gasteiger partial charge in [-0.2, -0.15) is 5.26 Å². The Labute approximate surface area is 182 Å². The monoisotopic (exact) mass is 420 g/mol. The lowest BCUT2D eigenvalue weighted by atomic mass is 9.77. The molecule has 1 saturated heterocycles. The summed E-state index contributed by atoms with van der Waals surface area (Å²) in [4.78, 5) is 23.0. The maximum Gasteiger partial charge on any atom is 0.218 e. The van der Waals surface area contributed by atoms with Crippen LogP contribution in [0.25, 0.3) is 0 Å². The molecule has 1 aliphatic carbocycles. The molecule has 1 saturated carbocycles. The predicted molar refractivity (Wildman–Crippen MR) is 115 cm³/mol. The molecule has 31 heavy (non-hydrogen) atoms. The number of hydrogen-bond donors (Lipinski definition) is 1. The van der Waals surface area contributed by atoms with E-state index in [1.807, 2.05) is 6.07 Å². The quantitative estimate of drug-likeness (QED) is 0.712.